The Morgan fingerprint density at radius 1 is 1.44 bits per heavy atom. The van der Waals surface area contributed by atoms with Crippen LogP contribution in [0.25, 0.3) is 11.0 Å². The number of benzene rings is 1. The Balaban J connectivity index is 2.59. The molecule has 0 aliphatic heterocycles. The fourth-order valence-electron chi connectivity index (χ4n) is 1.53. The highest BCUT2D eigenvalue weighted by atomic mass is 16.2. The maximum absolute atomic E-state index is 11.9. The molecule has 7 nitrogen and oxygen atoms in total. The van der Waals surface area contributed by atoms with E-state index in [4.69, 9.17) is 0 Å². The molecule has 0 atom stereocenters. The highest BCUT2D eigenvalue weighted by Crippen LogP contribution is 2.10. The van der Waals surface area contributed by atoms with Gasteiger partial charge in [0.15, 0.2) is 0 Å². The fraction of sp³-hybridized carbons (Fsp3) is 0.0909. The van der Waals surface area contributed by atoms with Crippen LogP contribution in [0.4, 0.5) is 10.6 Å². The van der Waals surface area contributed by atoms with Crippen molar-refractivity contribution in [3.8, 4) is 0 Å². The van der Waals surface area contributed by atoms with E-state index in [-0.39, 0.29) is 5.82 Å². The Hall–Kier alpha value is -2.79. The van der Waals surface area contributed by atoms with Crippen LogP contribution in [-0.4, -0.2) is 21.7 Å². The smallest absolute Gasteiger partial charge is 0.307 e. The number of carbonyl (C=O) groups is 1. The molecule has 0 saturated heterocycles. The minimum absolute atomic E-state index is 0.180. The lowest BCUT2D eigenvalue weighted by Crippen LogP contribution is -2.24. The van der Waals surface area contributed by atoms with Crippen molar-refractivity contribution >= 4 is 29.0 Å². The van der Waals surface area contributed by atoms with Crippen molar-refractivity contribution in [3.05, 3.63) is 34.6 Å². The molecule has 1 N–H and O–H groups in total. The van der Waals surface area contributed by atoms with Crippen molar-refractivity contribution in [1.29, 1.82) is 0 Å². The fourth-order valence-corrected chi connectivity index (χ4v) is 1.53. The first-order valence-corrected chi connectivity index (χ1v) is 4.98. The summed E-state index contributed by atoms with van der Waals surface area (Å²) in [6.45, 7) is 0. The number of carbonyl (C=O) groups excluding carboxylic acids is 2. The van der Waals surface area contributed by atoms with Gasteiger partial charge in [-0.2, -0.15) is 0 Å². The molecule has 0 spiro atoms. The minimum Gasteiger partial charge on any atom is -0.307 e. The van der Waals surface area contributed by atoms with E-state index in [9.17, 15) is 14.4 Å². The van der Waals surface area contributed by atoms with Gasteiger partial charge in [-0.15, -0.1) is 4.99 Å². The number of aliphatic imine (C=N–C) groups is 1. The second kappa shape index (κ2) is 4.60. The quantitative estimate of drug-likeness (QED) is 0.593. The van der Waals surface area contributed by atoms with Crippen molar-refractivity contribution in [3.63, 3.8) is 0 Å². The van der Waals surface area contributed by atoms with Crippen molar-refractivity contribution in [2.24, 2.45) is 12.0 Å². The second-order valence-corrected chi connectivity index (χ2v) is 3.45. The van der Waals surface area contributed by atoms with E-state index in [0.717, 1.165) is 6.08 Å². The van der Waals surface area contributed by atoms with E-state index >= 15 is 0 Å². The molecular weight excluding hydrogens is 236 g/mol. The molecule has 2 aromatic rings. The molecule has 2 amide bonds. The van der Waals surface area contributed by atoms with Gasteiger partial charge in [0, 0.05) is 7.05 Å². The van der Waals surface area contributed by atoms with E-state index in [1.54, 1.807) is 31.3 Å². The molecule has 0 unspecified atom stereocenters. The lowest BCUT2D eigenvalue weighted by atomic mass is 10.3. The summed E-state index contributed by atoms with van der Waals surface area (Å²) in [6.07, 6.45) is 1.09. The zero-order valence-electron chi connectivity index (χ0n) is 9.38. The lowest BCUT2D eigenvalue weighted by molar-refractivity contribution is 0.259. The Morgan fingerprint density at radius 2 is 2.17 bits per heavy atom. The van der Waals surface area contributed by atoms with E-state index in [1.807, 2.05) is 0 Å². The van der Waals surface area contributed by atoms with E-state index in [2.05, 4.69) is 15.3 Å². The third-order valence-corrected chi connectivity index (χ3v) is 2.36. The molecule has 90 valence electrons. The number of nitrogens with one attached hydrogen (secondary N) is 1. The van der Waals surface area contributed by atoms with Crippen LogP contribution in [0.15, 0.2) is 34.1 Å². The van der Waals surface area contributed by atoms with Crippen molar-refractivity contribution in [1.82, 2.24) is 9.55 Å². The number of amides is 2. The Bertz CT molecular complexity index is 729. The maximum atomic E-state index is 11.9. The molecule has 0 aliphatic carbocycles. The molecule has 1 heterocycles. The Kier molecular flexibility index (Phi) is 2.99. The first kappa shape index (κ1) is 11.7. The van der Waals surface area contributed by atoms with Gasteiger partial charge in [0.05, 0.1) is 11.0 Å². The first-order chi connectivity index (χ1) is 8.63. The summed E-state index contributed by atoms with van der Waals surface area (Å²) in [6, 6.07) is 5.99. The van der Waals surface area contributed by atoms with Gasteiger partial charge in [-0.25, -0.2) is 14.6 Å². The Morgan fingerprint density at radius 3 is 2.89 bits per heavy atom. The van der Waals surface area contributed by atoms with Crippen LogP contribution >= 0.6 is 0 Å². The molecule has 18 heavy (non-hydrogen) atoms. The predicted molar refractivity (Wildman–Crippen MR) is 64.1 cm³/mol. The van der Waals surface area contributed by atoms with Gasteiger partial charge in [0.2, 0.25) is 11.9 Å². The summed E-state index contributed by atoms with van der Waals surface area (Å²) < 4.78 is 1.35. The van der Waals surface area contributed by atoms with Crippen LogP contribution in [0.5, 0.6) is 0 Å². The molecule has 1 aromatic carbocycles. The van der Waals surface area contributed by atoms with Gasteiger partial charge >= 0.3 is 6.03 Å². The van der Waals surface area contributed by atoms with Crippen LogP contribution in [0.3, 0.4) is 0 Å². The van der Waals surface area contributed by atoms with Crippen molar-refractivity contribution in [2.75, 3.05) is 5.32 Å². The number of hydrogen-bond donors (Lipinski definition) is 1. The number of aromatic nitrogens is 2. The van der Waals surface area contributed by atoms with Crippen LogP contribution in [-0.2, 0) is 11.8 Å². The summed E-state index contributed by atoms with van der Waals surface area (Å²) in [5.74, 6) is -0.180. The lowest BCUT2D eigenvalue weighted by Gasteiger charge is -2.06. The molecule has 0 radical (unpaired) electrons. The van der Waals surface area contributed by atoms with E-state index in [1.165, 1.54) is 4.57 Å². The maximum Gasteiger partial charge on any atom is 0.357 e. The highest BCUT2D eigenvalue weighted by Gasteiger charge is 2.10. The predicted octanol–water partition coefficient (Wildman–Crippen LogP) is 0.801. The van der Waals surface area contributed by atoms with E-state index in [0.29, 0.717) is 11.0 Å². The minimum atomic E-state index is -0.982. The molecule has 0 aliphatic rings. The third-order valence-electron chi connectivity index (χ3n) is 2.36. The number of aryl methyl sites for hydroxylation is 1. The van der Waals surface area contributed by atoms with Crippen LogP contribution in [0, 0.1) is 0 Å². The molecule has 0 fully saturated rings. The Labute approximate surface area is 101 Å². The number of hydrogen-bond acceptors (Lipinski definition) is 4. The first-order valence-electron chi connectivity index (χ1n) is 4.98. The van der Waals surface area contributed by atoms with Gasteiger partial charge in [-0.1, -0.05) is 12.1 Å². The highest BCUT2D eigenvalue weighted by molar-refractivity contribution is 5.92. The standard InChI is InChI=1S/C11H8N4O3/c1-15-8-5-3-2-4-7(8)13-9(10(15)17)14-11(18)12-6-16/h2-5H,1H3,(H,13,14,18). The zero-order valence-corrected chi connectivity index (χ0v) is 9.38. The normalized spacial score (nSPS) is 9.83. The van der Waals surface area contributed by atoms with Crippen LogP contribution < -0.4 is 10.9 Å². The van der Waals surface area contributed by atoms with Crippen molar-refractivity contribution < 1.29 is 9.59 Å². The van der Waals surface area contributed by atoms with Crippen molar-refractivity contribution in [2.45, 2.75) is 0 Å². The molecule has 0 saturated carbocycles. The average Bonchev–Trinajstić information content (AvgIpc) is 2.36. The van der Waals surface area contributed by atoms with Gasteiger partial charge < -0.3 is 4.57 Å². The van der Waals surface area contributed by atoms with E-state index < -0.39 is 11.6 Å². The average molecular weight is 244 g/mol. The van der Waals surface area contributed by atoms with Gasteiger partial charge in [-0.05, 0) is 12.1 Å². The monoisotopic (exact) mass is 244 g/mol. The summed E-state index contributed by atoms with van der Waals surface area (Å²) in [7, 11) is 1.56. The number of isocyanates is 1. The SMILES string of the molecule is Cn1c(=O)c(NC(=O)N=C=O)nc2ccccc21. The van der Waals surface area contributed by atoms with Gasteiger partial charge in [-0.3, -0.25) is 10.1 Å². The van der Waals surface area contributed by atoms with Crippen LogP contribution in [0.2, 0.25) is 0 Å². The van der Waals surface area contributed by atoms with Crippen LogP contribution in [0.1, 0.15) is 0 Å². The summed E-state index contributed by atoms with van der Waals surface area (Å²) in [5, 5.41) is 2.13. The number of fused-ring (bicyclic) bond motifs is 1. The topological polar surface area (TPSA) is 93.4 Å². The summed E-state index contributed by atoms with van der Waals surface area (Å²) in [4.78, 5) is 39.7. The molecule has 0 bridgehead atoms. The number of para-hydroxylation sites is 2. The van der Waals surface area contributed by atoms with Gasteiger partial charge in [0.25, 0.3) is 5.56 Å². The molecule has 7 heteroatoms. The summed E-state index contributed by atoms with van der Waals surface area (Å²) >= 11 is 0. The van der Waals surface area contributed by atoms with Gasteiger partial charge in [0.1, 0.15) is 0 Å². The number of rotatable bonds is 1. The summed E-state index contributed by atoms with van der Waals surface area (Å²) in [5.41, 5.74) is 0.701. The number of urea groups is 1. The number of nitrogens with zero attached hydrogens (tertiary/aromatic N) is 3. The number of anilines is 1. The zero-order chi connectivity index (χ0) is 13.1. The third kappa shape index (κ3) is 2.02. The molecular formula is C11H8N4O3. The molecule has 1 aromatic heterocycles. The molecule has 2 rings (SSSR count). The largest absolute Gasteiger partial charge is 0.357 e. The second-order valence-electron chi connectivity index (χ2n) is 3.45.